The fraction of sp³-hybridized carbons (Fsp3) is 0.310. The molecule has 1 aromatic heterocycles. The first-order valence-corrected chi connectivity index (χ1v) is 12.4. The molecular formula is C29H31FN4O. The minimum absolute atomic E-state index is 0.145. The third-order valence-corrected chi connectivity index (χ3v) is 7.45. The summed E-state index contributed by atoms with van der Waals surface area (Å²) in [6.45, 7) is 5.58. The zero-order chi connectivity index (χ0) is 23.8. The smallest absolute Gasteiger partial charge is 0.123 e. The van der Waals surface area contributed by atoms with Gasteiger partial charge < -0.3 is 19.9 Å². The van der Waals surface area contributed by atoms with Crippen LogP contribution in [0.4, 0.5) is 10.1 Å². The van der Waals surface area contributed by atoms with E-state index in [4.69, 9.17) is 4.74 Å². The number of piperazine rings is 1. The van der Waals surface area contributed by atoms with Gasteiger partial charge in [0.2, 0.25) is 0 Å². The van der Waals surface area contributed by atoms with Gasteiger partial charge in [-0.25, -0.2) is 4.39 Å². The van der Waals surface area contributed by atoms with E-state index in [0.29, 0.717) is 0 Å². The summed E-state index contributed by atoms with van der Waals surface area (Å²) in [4.78, 5) is 8.49. The van der Waals surface area contributed by atoms with Gasteiger partial charge in [0.25, 0.3) is 0 Å². The van der Waals surface area contributed by atoms with Gasteiger partial charge in [-0.15, -0.1) is 0 Å². The van der Waals surface area contributed by atoms with Crippen LogP contribution in [0.15, 0.2) is 66.7 Å². The number of methoxy groups -OCH3 is 1. The van der Waals surface area contributed by atoms with Crippen LogP contribution in [0.25, 0.3) is 10.9 Å². The number of H-pyrrole nitrogens is 1. The molecule has 1 atom stereocenters. The molecule has 0 spiro atoms. The fourth-order valence-corrected chi connectivity index (χ4v) is 5.62. The molecule has 0 radical (unpaired) electrons. The van der Waals surface area contributed by atoms with Crippen LogP contribution in [-0.4, -0.2) is 49.7 Å². The van der Waals surface area contributed by atoms with E-state index in [1.807, 2.05) is 12.1 Å². The predicted octanol–water partition coefficient (Wildman–Crippen LogP) is 4.87. The number of hydrogen-bond donors (Lipinski definition) is 2. The lowest BCUT2D eigenvalue weighted by atomic mass is 9.93. The molecule has 180 valence electrons. The van der Waals surface area contributed by atoms with Crippen molar-refractivity contribution in [3.8, 4) is 5.75 Å². The van der Waals surface area contributed by atoms with Crippen molar-refractivity contribution in [1.29, 1.82) is 0 Å². The van der Waals surface area contributed by atoms with Crippen LogP contribution in [0.5, 0.6) is 5.75 Å². The first-order valence-electron chi connectivity index (χ1n) is 12.4. The van der Waals surface area contributed by atoms with Crippen LogP contribution in [0, 0.1) is 5.82 Å². The first kappa shape index (κ1) is 22.1. The molecular weight excluding hydrogens is 439 g/mol. The molecule has 0 saturated carbocycles. The van der Waals surface area contributed by atoms with E-state index in [9.17, 15) is 4.39 Å². The lowest BCUT2D eigenvalue weighted by molar-refractivity contribution is 0.246. The normalized spacial score (nSPS) is 18.6. The minimum atomic E-state index is -0.189. The number of ether oxygens (including phenoxy) is 1. The van der Waals surface area contributed by atoms with Gasteiger partial charge in [0, 0.05) is 67.1 Å². The van der Waals surface area contributed by atoms with E-state index in [2.05, 4.69) is 62.6 Å². The van der Waals surface area contributed by atoms with Crippen LogP contribution in [-0.2, 0) is 13.0 Å². The highest BCUT2D eigenvalue weighted by Crippen LogP contribution is 2.35. The molecule has 6 heteroatoms. The average molecular weight is 471 g/mol. The summed E-state index contributed by atoms with van der Waals surface area (Å²) >= 11 is 0. The molecule has 0 aliphatic carbocycles. The van der Waals surface area contributed by atoms with Gasteiger partial charge in [0.05, 0.1) is 13.2 Å². The van der Waals surface area contributed by atoms with Crippen molar-refractivity contribution < 1.29 is 9.13 Å². The van der Waals surface area contributed by atoms with Crippen LogP contribution >= 0.6 is 0 Å². The van der Waals surface area contributed by atoms with E-state index >= 15 is 0 Å². The molecule has 2 aliphatic rings. The third-order valence-electron chi connectivity index (χ3n) is 7.45. The van der Waals surface area contributed by atoms with E-state index in [1.54, 1.807) is 7.11 Å². The maximum absolute atomic E-state index is 13.3. The predicted molar refractivity (Wildman–Crippen MR) is 139 cm³/mol. The minimum Gasteiger partial charge on any atom is -0.496 e. The lowest BCUT2D eigenvalue weighted by Gasteiger charge is -2.36. The van der Waals surface area contributed by atoms with E-state index in [0.717, 1.165) is 57.1 Å². The topological polar surface area (TPSA) is 43.5 Å². The first-order chi connectivity index (χ1) is 17.2. The Morgan fingerprint density at radius 1 is 0.971 bits per heavy atom. The molecule has 5 nitrogen and oxygen atoms in total. The van der Waals surface area contributed by atoms with E-state index < -0.39 is 0 Å². The Labute approximate surface area is 205 Å². The van der Waals surface area contributed by atoms with Crippen LogP contribution in [0.2, 0.25) is 0 Å². The molecule has 3 heterocycles. The monoisotopic (exact) mass is 470 g/mol. The molecule has 4 aromatic rings. The fourth-order valence-electron chi connectivity index (χ4n) is 5.62. The highest BCUT2D eigenvalue weighted by Gasteiger charge is 2.26. The number of aromatic nitrogens is 1. The second-order valence-corrected chi connectivity index (χ2v) is 9.51. The highest BCUT2D eigenvalue weighted by atomic mass is 19.1. The molecule has 2 aliphatic heterocycles. The van der Waals surface area contributed by atoms with Crippen LogP contribution in [0.1, 0.15) is 28.4 Å². The van der Waals surface area contributed by atoms with Crippen molar-refractivity contribution >= 4 is 16.6 Å². The van der Waals surface area contributed by atoms with E-state index in [-0.39, 0.29) is 11.9 Å². The molecule has 3 aromatic carbocycles. The summed E-state index contributed by atoms with van der Waals surface area (Å²) in [6, 6.07) is 22.2. The molecule has 35 heavy (non-hydrogen) atoms. The maximum atomic E-state index is 13.3. The summed E-state index contributed by atoms with van der Waals surface area (Å²) < 4.78 is 19.0. The number of benzene rings is 3. The molecule has 1 fully saturated rings. The molecule has 0 unspecified atom stereocenters. The Morgan fingerprint density at radius 3 is 2.57 bits per heavy atom. The standard InChI is InChI=1S/C29H31FN4O/c1-35-27-11-6-20(28-29-25(12-13-31-28)24-4-2-3-5-26(24)32-29)18-21(27)19-33-14-16-34(17-15-33)23-9-7-22(30)8-10-23/h2-11,18,28,31-32H,12-17,19H2,1H3/t28-/m0/s1. The van der Waals surface area contributed by atoms with Crippen LogP contribution in [0.3, 0.4) is 0 Å². The SMILES string of the molecule is COc1ccc([C@@H]2NCCc3c2[nH]c2ccccc32)cc1CN1CCN(c2ccc(F)cc2)CC1. The van der Waals surface area contributed by atoms with Gasteiger partial charge in [-0.05, 0) is 60.0 Å². The van der Waals surface area contributed by atoms with Gasteiger partial charge in [0.15, 0.2) is 0 Å². The largest absolute Gasteiger partial charge is 0.496 e. The zero-order valence-electron chi connectivity index (χ0n) is 20.1. The summed E-state index contributed by atoms with van der Waals surface area (Å²) in [5.41, 5.74) is 7.48. The Morgan fingerprint density at radius 2 is 1.77 bits per heavy atom. The molecule has 6 rings (SSSR count). The number of rotatable bonds is 5. The number of anilines is 1. The van der Waals surface area contributed by atoms with Crippen molar-refractivity contribution in [2.24, 2.45) is 0 Å². The van der Waals surface area contributed by atoms with E-state index in [1.165, 1.54) is 45.4 Å². The molecule has 2 N–H and O–H groups in total. The third kappa shape index (κ3) is 4.28. The average Bonchev–Trinajstić information content (AvgIpc) is 3.29. The Hall–Kier alpha value is -3.35. The number of hydrogen-bond acceptors (Lipinski definition) is 4. The van der Waals surface area contributed by atoms with Gasteiger partial charge in [0.1, 0.15) is 11.6 Å². The number of nitrogens with zero attached hydrogens (tertiary/aromatic N) is 2. The lowest BCUT2D eigenvalue weighted by Crippen LogP contribution is -2.46. The number of aromatic amines is 1. The molecule has 0 bridgehead atoms. The zero-order valence-corrected chi connectivity index (χ0v) is 20.1. The highest BCUT2D eigenvalue weighted by molar-refractivity contribution is 5.85. The summed E-state index contributed by atoms with van der Waals surface area (Å²) in [5, 5.41) is 5.06. The number of fused-ring (bicyclic) bond motifs is 3. The number of para-hydroxylation sites is 1. The van der Waals surface area contributed by atoms with Crippen molar-refractivity contribution in [2.75, 3.05) is 44.7 Å². The van der Waals surface area contributed by atoms with Crippen molar-refractivity contribution in [2.45, 2.75) is 19.0 Å². The van der Waals surface area contributed by atoms with Crippen molar-refractivity contribution in [3.63, 3.8) is 0 Å². The molecule has 1 saturated heterocycles. The van der Waals surface area contributed by atoms with Crippen molar-refractivity contribution in [3.05, 3.63) is 94.9 Å². The number of halogens is 1. The van der Waals surface area contributed by atoms with Gasteiger partial charge in [-0.1, -0.05) is 24.3 Å². The van der Waals surface area contributed by atoms with Gasteiger partial charge >= 0.3 is 0 Å². The Balaban J connectivity index is 1.21. The maximum Gasteiger partial charge on any atom is 0.123 e. The summed E-state index contributed by atoms with van der Waals surface area (Å²) in [6.07, 6.45) is 1.04. The summed E-state index contributed by atoms with van der Waals surface area (Å²) in [5.74, 6) is 0.744. The van der Waals surface area contributed by atoms with Gasteiger partial charge in [-0.3, -0.25) is 4.90 Å². The second kappa shape index (κ2) is 9.36. The Bertz CT molecular complexity index is 1320. The quantitative estimate of drug-likeness (QED) is 0.437. The van der Waals surface area contributed by atoms with Crippen LogP contribution < -0.4 is 15.0 Å². The summed E-state index contributed by atoms with van der Waals surface area (Å²) in [7, 11) is 1.75. The van der Waals surface area contributed by atoms with Gasteiger partial charge in [-0.2, -0.15) is 0 Å². The second-order valence-electron chi connectivity index (χ2n) is 9.51. The molecule has 0 amide bonds. The number of nitrogens with one attached hydrogen (secondary N) is 2. The van der Waals surface area contributed by atoms with Crippen molar-refractivity contribution in [1.82, 2.24) is 15.2 Å². The Kier molecular flexibility index (Phi) is 5.92.